The monoisotopic (exact) mass is 408 g/mol. The third-order valence-corrected chi connectivity index (χ3v) is 5.51. The van der Waals surface area contributed by atoms with Crippen molar-refractivity contribution in [2.45, 2.75) is 17.8 Å². The summed E-state index contributed by atoms with van der Waals surface area (Å²) in [4.78, 5) is 12.3. The predicted molar refractivity (Wildman–Crippen MR) is 113 cm³/mol. The molecule has 2 aromatic heterocycles. The number of H-pyrrole nitrogens is 1. The van der Waals surface area contributed by atoms with Crippen LogP contribution in [0.2, 0.25) is 0 Å². The second kappa shape index (κ2) is 8.00. The molecule has 8 heteroatoms. The average Bonchev–Trinajstić information content (AvgIpc) is 3.19. The molecule has 0 radical (unpaired) electrons. The number of fused-ring (bicyclic) bond motifs is 1. The number of aromatic nitrogens is 4. The van der Waals surface area contributed by atoms with Gasteiger partial charge in [0.1, 0.15) is 5.52 Å². The maximum atomic E-state index is 12.3. The summed E-state index contributed by atoms with van der Waals surface area (Å²) in [6.45, 7) is 2.06. The summed E-state index contributed by atoms with van der Waals surface area (Å²) in [5, 5.41) is 12.0. The number of hydrogen-bond acceptors (Lipinski definition) is 6. The molecular formula is C21H20N4O3S. The van der Waals surface area contributed by atoms with Crippen LogP contribution in [0.1, 0.15) is 11.1 Å². The number of methoxy groups -OCH3 is 2. The first-order chi connectivity index (χ1) is 14.1. The number of benzene rings is 2. The molecule has 0 fully saturated rings. The van der Waals surface area contributed by atoms with E-state index >= 15 is 0 Å². The second-order valence-corrected chi connectivity index (χ2v) is 7.45. The van der Waals surface area contributed by atoms with E-state index in [1.54, 1.807) is 24.8 Å². The van der Waals surface area contributed by atoms with Crippen molar-refractivity contribution in [3.63, 3.8) is 0 Å². The van der Waals surface area contributed by atoms with Gasteiger partial charge in [-0.1, -0.05) is 41.6 Å². The van der Waals surface area contributed by atoms with Crippen molar-refractivity contribution in [2.75, 3.05) is 14.2 Å². The smallest absolute Gasteiger partial charge is 0.290 e. The molecule has 0 saturated carbocycles. The number of nitrogens with zero attached hydrogens (tertiary/aromatic N) is 3. The summed E-state index contributed by atoms with van der Waals surface area (Å²) in [7, 11) is 3.17. The van der Waals surface area contributed by atoms with E-state index < -0.39 is 0 Å². The van der Waals surface area contributed by atoms with E-state index in [0.717, 1.165) is 11.3 Å². The molecule has 1 N–H and O–H groups in total. The van der Waals surface area contributed by atoms with Gasteiger partial charge < -0.3 is 9.47 Å². The van der Waals surface area contributed by atoms with Gasteiger partial charge in [0, 0.05) is 11.3 Å². The fourth-order valence-corrected chi connectivity index (χ4v) is 3.92. The van der Waals surface area contributed by atoms with Crippen LogP contribution >= 0.6 is 11.8 Å². The summed E-state index contributed by atoms with van der Waals surface area (Å²) in [5.74, 6) is 1.96. The van der Waals surface area contributed by atoms with Crippen LogP contribution in [-0.4, -0.2) is 34.0 Å². The van der Waals surface area contributed by atoms with Crippen molar-refractivity contribution >= 4 is 17.3 Å². The quantitative estimate of drug-likeness (QED) is 0.490. The van der Waals surface area contributed by atoms with Gasteiger partial charge in [-0.15, -0.1) is 5.10 Å². The standard InChI is InChI=1S/C21H20N4O3S/c1-13-5-4-6-14(9-13)12-29-21-23-22-20(26)17-11-16(24-25(17)21)15-7-8-18(27-2)19(10-15)28-3/h4-11H,12H2,1-3H3,(H,22,26). The van der Waals surface area contributed by atoms with Gasteiger partial charge >= 0.3 is 0 Å². The first-order valence-electron chi connectivity index (χ1n) is 8.98. The summed E-state index contributed by atoms with van der Waals surface area (Å²) in [6, 6.07) is 15.6. The van der Waals surface area contributed by atoms with Crippen LogP contribution in [0.25, 0.3) is 16.8 Å². The van der Waals surface area contributed by atoms with Crippen molar-refractivity contribution in [3.8, 4) is 22.8 Å². The zero-order chi connectivity index (χ0) is 20.4. The molecule has 0 spiro atoms. The molecule has 0 unspecified atom stereocenters. The molecule has 29 heavy (non-hydrogen) atoms. The Balaban J connectivity index is 1.71. The normalized spacial score (nSPS) is 11.0. The number of hydrogen-bond donors (Lipinski definition) is 1. The molecule has 0 atom stereocenters. The molecule has 0 saturated heterocycles. The van der Waals surface area contributed by atoms with E-state index in [0.29, 0.717) is 27.9 Å². The molecule has 4 rings (SSSR count). The lowest BCUT2D eigenvalue weighted by Crippen LogP contribution is -2.13. The summed E-state index contributed by atoms with van der Waals surface area (Å²) in [6.07, 6.45) is 0. The van der Waals surface area contributed by atoms with Crippen LogP contribution in [0.4, 0.5) is 0 Å². The molecule has 2 aromatic carbocycles. The fourth-order valence-electron chi connectivity index (χ4n) is 3.07. The summed E-state index contributed by atoms with van der Waals surface area (Å²) < 4.78 is 12.2. The van der Waals surface area contributed by atoms with Gasteiger partial charge in [-0.25, -0.2) is 9.61 Å². The Morgan fingerprint density at radius 1 is 1.07 bits per heavy atom. The molecule has 0 amide bonds. The molecule has 0 bridgehead atoms. The largest absolute Gasteiger partial charge is 0.493 e. The Morgan fingerprint density at radius 3 is 2.66 bits per heavy atom. The molecule has 2 heterocycles. The minimum Gasteiger partial charge on any atom is -0.493 e. The van der Waals surface area contributed by atoms with Crippen molar-refractivity contribution in [1.82, 2.24) is 19.8 Å². The highest BCUT2D eigenvalue weighted by atomic mass is 32.2. The second-order valence-electron chi connectivity index (χ2n) is 6.51. The number of ether oxygens (including phenoxy) is 2. The highest BCUT2D eigenvalue weighted by molar-refractivity contribution is 7.98. The third kappa shape index (κ3) is 3.84. The number of rotatable bonds is 6. The molecule has 148 valence electrons. The zero-order valence-corrected chi connectivity index (χ0v) is 17.1. The minimum atomic E-state index is -0.288. The lowest BCUT2D eigenvalue weighted by atomic mass is 10.1. The Morgan fingerprint density at radius 2 is 1.90 bits per heavy atom. The van der Waals surface area contributed by atoms with Gasteiger partial charge in [0.05, 0.1) is 19.9 Å². The minimum absolute atomic E-state index is 0.288. The van der Waals surface area contributed by atoms with Gasteiger partial charge in [0.2, 0.25) is 5.16 Å². The predicted octanol–water partition coefficient (Wildman–Crippen LogP) is 3.70. The molecule has 4 aromatic rings. The topological polar surface area (TPSA) is 81.5 Å². The van der Waals surface area contributed by atoms with Crippen molar-refractivity contribution in [3.05, 3.63) is 70.0 Å². The van der Waals surface area contributed by atoms with Crippen LogP contribution in [0.5, 0.6) is 11.5 Å². The SMILES string of the molecule is COc1ccc(-c2cc3c(=O)[nH]nc(SCc4cccc(C)c4)n3n2)cc1OC. The Bertz CT molecular complexity index is 1230. The summed E-state index contributed by atoms with van der Waals surface area (Å²) in [5.41, 5.74) is 4.02. The Kier molecular flexibility index (Phi) is 5.26. The van der Waals surface area contributed by atoms with E-state index in [2.05, 4.69) is 40.4 Å². The zero-order valence-electron chi connectivity index (χ0n) is 16.3. The molecule has 0 aliphatic rings. The lowest BCUT2D eigenvalue weighted by Gasteiger charge is -2.08. The fraction of sp³-hybridized carbons (Fsp3) is 0.190. The first kappa shape index (κ1) is 19.1. The lowest BCUT2D eigenvalue weighted by molar-refractivity contribution is 0.355. The average molecular weight is 408 g/mol. The molecule has 0 aliphatic heterocycles. The van der Waals surface area contributed by atoms with Gasteiger partial charge in [-0.3, -0.25) is 4.79 Å². The molecule has 7 nitrogen and oxygen atoms in total. The van der Waals surface area contributed by atoms with Gasteiger partial charge in [0.25, 0.3) is 5.56 Å². The van der Waals surface area contributed by atoms with Crippen LogP contribution in [0, 0.1) is 6.92 Å². The maximum Gasteiger partial charge on any atom is 0.290 e. The van der Waals surface area contributed by atoms with Crippen molar-refractivity contribution < 1.29 is 9.47 Å². The van der Waals surface area contributed by atoms with Crippen molar-refractivity contribution in [2.24, 2.45) is 0 Å². The summed E-state index contributed by atoms with van der Waals surface area (Å²) >= 11 is 1.52. The number of aryl methyl sites for hydroxylation is 1. The number of thioether (sulfide) groups is 1. The third-order valence-electron chi connectivity index (χ3n) is 4.51. The van der Waals surface area contributed by atoms with Crippen LogP contribution in [0.3, 0.4) is 0 Å². The Labute approximate surface area is 171 Å². The van der Waals surface area contributed by atoms with E-state index in [1.807, 2.05) is 24.3 Å². The highest BCUT2D eigenvalue weighted by Crippen LogP contribution is 2.32. The van der Waals surface area contributed by atoms with Gasteiger partial charge in [-0.05, 0) is 36.8 Å². The first-order valence-corrected chi connectivity index (χ1v) is 9.97. The van der Waals surface area contributed by atoms with E-state index in [-0.39, 0.29) is 5.56 Å². The van der Waals surface area contributed by atoms with Crippen molar-refractivity contribution in [1.29, 1.82) is 0 Å². The molecular weight excluding hydrogens is 388 g/mol. The van der Waals surface area contributed by atoms with E-state index in [1.165, 1.54) is 22.9 Å². The number of aromatic amines is 1. The number of nitrogens with one attached hydrogen (secondary N) is 1. The molecule has 0 aliphatic carbocycles. The van der Waals surface area contributed by atoms with Gasteiger partial charge in [-0.2, -0.15) is 5.10 Å². The van der Waals surface area contributed by atoms with Crippen LogP contribution < -0.4 is 15.0 Å². The van der Waals surface area contributed by atoms with Gasteiger partial charge in [0.15, 0.2) is 11.5 Å². The Hall–Kier alpha value is -3.26. The van der Waals surface area contributed by atoms with Crippen LogP contribution in [0.15, 0.2) is 58.5 Å². The van der Waals surface area contributed by atoms with Crippen LogP contribution in [-0.2, 0) is 5.75 Å². The van der Waals surface area contributed by atoms with E-state index in [4.69, 9.17) is 9.47 Å². The highest BCUT2D eigenvalue weighted by Gasteiger charge is 2.14. The maximum absolute atomic E-state index is 12.3. The van der Waals surface area contributed by atoms with E-state index in [9.17, 15) is 4.79 Å².